The molecule has 0 saturated carbocycles. The van der Waals surface area contributed by atoms with Gasteiger partial charge in [-0.2, -0.15) is 0 Å². The van der Waals surface area contributed by atoms with E-state index >= 15 is 0 Å². The number of amides is 2. The quantitative estimate of drug-likeness (QED) is 0.902. The predicted octanol–water partition coefficient (Wildman–Crippen LogP) is 2.64. The van der Waals surface area contributed by atoms with Crippen LogP contribution in [0.1, 0.15) is 16.8 Å². The Hall–Kier alpha value is -2.34. The molecule has 6 nitrogen and oxygen atoms in total. The van der Waals surface area contributed by atoms with E-state index in [1.54, 1.807) is 26.0 Å². The molecule has 2 N–H and O–H groups in total. The number of aryl methyl sites for hydroxylation is 2. The molecule has 0 aliphatic heterocycles. The van der Waals surface area contributed by atoms with E-state index in [1.165, 1.54) is 10.9 Å². The van der Waals surface area contributed by atoms with E-state index in [-0.39, 0.29) is 11.6 Å². The second kappa shape index (κ2) is 7.28. The van der Waals surface area contributed by atoms with E-state index in [0.717, 1.165) is 5.56 Å². The van der Waals surface area contributed by atoms with Gasteiger partial charge in [0, 0.05) is 35.1 Å². The van der Waals surface area contributed by atoms with Crippen molar-refractivity contribution in [2.24, 2.45) is 0 Å². The van der Waals surface area contributed by atoms with Gasteiger partial charge in [-0.1, -0.05) is 17.7 Å². The molecule has 0 unspecified atom stereocenters. The molecule has 7 heteroatoms. The first-order valence-corrected chi connectivity index (χ1v) is 7.60. The zero-order chi connectivity index (χ0) is 17.0. The summed E-state index contributed by atoms with van der Waals surface area (Å²) < 4.78 is 1.48. The van der Waals surface area contributed by atoms with Gasteiger partial charge in [-0.3, -0.25) is 9.36 Å². The Bertz CT molecular complexity index is 786. The lowest BCUT2D eigenvalue weighted by Crippen LogP contribution is -2.34. The van der Waals surface area contributed by atoms with Gasteiger partial charge in [0.25, 0.3) is 5.56 Å². The molecule has 1 aromatic carbocycles. The average Bonchev–Trinajstić information content (AvgIpc) is 2.51. The van der Waals surface area contributed by atoms with Crippen LogP contribution >= 0.6 is 11.6 Å². The number of carbonyl (C=O) groups excluding carboxylic acids is 1. The Morgan fingerprint density at radius 2 is 2.04 bits per heavy atom. The van der Waals surface area contributed by atoms with Crippen LogP contribution < -0.4 is 16.2 Å². The number of halogens is 1. The first-order valence-electron chi connectivity index (χ1n) is 7.22. The smallest absolute Gasteiger partial charge is 0.319 e. The van der Waals surface area contributed by atoms with E-state index in [4.69, 9.17) is 11.6 Å². The highest BCUT2D eigenvalue weighted by atomic mass is 35.5. The summed E-state index contributed by atoms with van der Waals surface area (Å²) in [7, 11) is 0. The van der Waals surface area contributed by atoms with Gasteiger partial charge in [-0.25, -0.2) is 9.78 Å². The average molecular weight is 335 g/mol. The van der Waals surface area contributed by atoms with Crippen molar-refractivity contribution in [2.75, 3.05) is 11.9 Å². The number of nitrogens with zero attached hydrogens (tertiary/aromatic N) is 2. The summed E-state index contributed by atoms with van der Waals surface area (Å²) in [5.41, 5.74) is 2.80. The van der Waals surface area contributed by atoms with E-state index in [2.05, 4.69) is 15.6 Å². The lowest BCUT2D eigenvalue weighted by atomic mass is 10.2. The number of carbonyl (C=O) groups is 1. The van der Waals surface area contributed by atoms with Gasteiger partial charge >= 0.3 is 6.03 Å². The largest absolute Gasteiger partial charge is 0.336 e. The van der Waals surface area contributed by atoms with Gasteiger partial charge in [0.15, 0.2) is 0 Å². The molecule has 0 aliphatic carbocycles. The number of nitrogens with one attached hydrogen (secondary N) is 2. The third kappa shape index (κ3) is 4.32. The van der Waals surface area contributed by atoms with Crippen LogP contribution in [-0.2, 0) is 6.54 Å². The number of hydrogen-bond acceptors (Lipinski definition) is 3. The van der Waals surface area contributed by atoms with Crippen molar-refractivity contribution < 1.29 is 4.79 Å². The lowest BCUT2D eigenvalue weighted by molar-refractivity contribution is 0.251. The standard InChI is InChI=1S/C16H19ClN4O2/c1-10-4-5-13(8-14(10)17)20-16(23)18-6-7-21-9-19-12(3)11(2)15(21)22/h4-5,8-9H,6-7H2,1-3H3,(H2,18,20,23). The second-order valence-electron chi connectivity index (χ2n) is 5.30. The fourth-order valence-corrected chi connectivity index (χ4v) is 2.15. The lowest BCUT2D eigenvalue weighted by Gasteiger charge is -2.10. The van der Waals surface area contributed by atoms with Gasteiger partial charge in [0.05, 0.1) is 6.33 Å². The van der Waals surface area contributed by atoms with Gasteiger partial charge < -0.3 is 10.6 Å². The molecule has 122 valence electrons. The Morgan fingerprint density at radius 1 is 1.30 bits per heavy atom. The van der Waals surface area contributed by atoms with Gasteiger partial charge in [0.2, 0.25) is 0 Å². The SMILES string of the molecule is Cc1ccc(NC(=O)NCCn2cnc(C)c(C)c2=O)cc1Cl. The van der Waals surface area contributed by atoms with Crippen LogP contribution in [0.5, 0.6) is 0 Å². The first-order chi connectivity index (χ1) is 10.9. The highest BCUT2D eigenvalue weighted by molar-refractivity contribution is 6.31. The number of anilines is 1. The molecule has 0 fully saturated rings. The Morgan fingerprint density at radius 3 is 2.74 bits per heavy atom. The van der Waals surface area contributed by atoms with Gasteiger partial charge in [-0.05, 0) is 38.5 Å². The third-order valence-electron chi connectivity index (χ3n) is 3.58. The molecule has 2 amide bonds. The van der Waals surface area contributed by atoms with E-state index in [9.17, 15) is 9.59 Å². The third-order valence-corrected chi connectivity index (χ3v) is 3.99. The maximum Gasteiger partial charge on any atom is 0.319 e. The van der Waals surface area contributed by atoms with Crippen molar-refractivity contribution in [3.63, 3.8) is 0 Å². The zero-order valence-corrected chi connectivity index (χ0v) is 14.1. The molecule has 0 bridgehead atoms. The molecule has 2 rings (SSSR count). The molecule has 0 spiro atoms. The summed E-state index contributed by atoms with van der Waals surface area (Å²) >= 11 is 6.01. The van der Waals surface area contributed by atoms with Gasteiger partial charge in [-0.15, -0.1) is 0 Å². The van der Waals surface area contributed by atoms with Crippen molar-refractivity contribution in [2.45, 2.75) is 27.3 Å². The predicted molar refractivity (Wildman–Crippen MR) is 91.2 cm³/mol. The van der Waals surface area contributed by atoms with E-state index in [0.29, 0.717) is 35.1 Å². The zero-order valence-electron chi connectivity index (χ0n) is 13.3. The number of urea groups is 1. The van der Waals surface area contributed by atoms with Crippen molar-refractivity contribution in [1.29, 1.82) is 0 Å². The Labute approximate surface area is 139 Å². The number of benzene rings is 1. The van der Waals surface area contributed by atoms with Crippen LogP contribution in [0.25, 0.3) is 0 Å². The number of aromatic nitrogens is 2. The van der Waals surface area contributed by atoms with Crippen LogP contribution in [0.4, 0.5) is 10.5 Å². The van der Waals surface area contributed by atoms with Crippen molar-refractivity contribution >= 4 is 23.3 Å². The normalized spacial score (nSPS) is 10.4. The summed E-state index contributed by atoms with van der Waals surface area (Å²) in [6.07, 6.45) is 1.49. The molecule has 0 saturated heterocycles. The Kier molecular flexibility index (Phi) is 5.39. The van der Waals surface area contributed by atoms with Crippen LogP contribution in [0.15, 0.2) is 29.3 Å². The maximum atomic E-state index is 12.0. The molecule has 0 aliphatic rings. The van der Waals surface area contributed by atoms with E-state index < -0.39 is 0 Å². The minimum atomic E-state index is -0.352. The first kappa shape index (κ1) is 17.0. The number of hydrogen-bond donors (Lipinski definition) is 2. The molecule has 0 radical (unpaired) electrons. The van der Waals surface area contributed by atoms with E-state index in [1.807, 2.05) is 13.0 Å². The van der Waals surface area contributed by atoms with Crippen LogP contribution in [-0.4, -0.2) is 22.1 Å². The fourth-order valence-electron chi connectivity index (χ4n) is 1.97. The van der Waals surface area contributed by atoms with Gasteiger partial charge in [0.1, 0.15) is 0 Å². The molecule has 0 atom stereocenters. The minimum Gasteiger partial charge on any atom is -0.336 e. The van der Waals surface area contributed by atoms with Crippen molar-refractivity contribution in [3.05, 3.63) is 56.7 Å². The number of rotatable bonds is 4. The summed E-state index contributed by atoms with van der Waals surface area (Å²) in [5.74, 6) is 0. The van der Waals surface area contributed by atoms with Crippen LogP contribution in [0.2, 0.25) is 5.02 Å². The highest BCUT2D eigenvalue weighted by Crippen LogP contribution is 2.19. The van der Waals surface area contributed by atoms with Crippen LogP contribution in [0, 0.1) is 20.8 Å². The van der Waals surface area contributed by atoms with Crippen molar-refractivity contribution in [1.82, 2.24) is 14.9 Å². The molecular weight excluding hydrogens is 316 g/mol. The Balaban J connectivity index is 1.89. The molecule has 2 aromatic rings. The molecule has 1 aromatic heterocycles. The highest BCUT2D eigenvalue weighted by Gasteiger charge is 2.06. The summed E-state index contributed by atoms with van der Waals surface area (Å²) in [6, 6.07) is 4.94. The summed E-state index contributed by atoms with van der Waals surface area (Å²) in [4.78, 5) is 28.0. The summed E-state index contributed by atoms with van der Waals surface area (Å²) in [6.45, 7) is 6.09. The molecule has 23 heavy (non-hydrogen) atoms. The maximum absolute atomic E-state index is 12.0. The molecular formula is C16H19ClN4O2. The van der Waals surface area contributed by atoms with Crippen molar-refractivity contribution in [3.8, 4) is 0 Å². The molecule has 1 heterocycles. The second-order valence-corrected chi connectivity index (χ2v) is 5.71. The fraction of sp³-hybridized carbons (Fsp3) is 0.312. The monoisotopic (exact) mass is 334 g/mol. The topological polar surface area (TPSA) is 76.0 Å². The van der Waals surface area contributed by atoms with Crippen LogP contribution in [0.3, 0.4) is 0 Å². The summed E-state index contributed by atoms with van der Waals surface area (Å²) in [5, 5.41) is 5.98. The minimum absolute atomic E-state index is 0.0926.